The van der Waals surface area contributed by atoms with Crippen molar-refractivity contribution in [2.24, 2.45) is 10.9 Å². The van der Waals surface area contributed by atoms with Crippen molar-refractivity contribution in [2.45, 2.75) is 18.9 Å². The number of methoxy groups -OCH3 is 2. The molecule has 0 spiro atoms. The van der Waals surface area contributed by atoms with Crippen molar-refractivity contribution in [1.29, 1.82) is 0 Å². The van der Waals surface area contributed by atoms with Gasteiger partial charge in [-0.3, -0.25) is 4.99 Å². The molecule has 6 nitrogen and oxygen atoms in total. The van der Waals surface area contributed by atoms with Crippen LogP contribution in [-0.4, -0.2) is 58.8 Å². The zero-order valence-electron chi connectivity index (χ0n) is 15.1. The first-order valence-electron chi connectivity index (χ1n) is 7.95. The van der Waals surface area contributed by atoms with Crippen molar-refractivity contribution >= 4 is 35.6 Å². The summed E-state index contributed by atoms with van der Waals surface area (Å²) in [7, 11) is 9.30. The van der Waals surface area contributed by atoms with E-state index in [0.29, 0.717) is 17.5 Å². The minimum atomic E-state index is 0. The average Bonchev–Trinajstić information content (AvgIpc) is 3.38. The lowest BCUT2D eigenvalue weighted by Crippen LogP contribution is -2.43. The van der Waals surface area contributed by atoms with Crippen LogP contribution in [0.4, 0.5) is 5.69 Å². The van der Waals surface area contributed by atoms with E-state index >= 15 is 0 Å². The monoisotopic (exact) mass is 448 g/mol. The van der Waals surface area contributed by atoms with Gasteiger partial charge in [0.15, 0.2) is 17.5 Å². The third kappa shape index (κ3) is 5.70. The van der Waals surface area contributed by atoms with Crippen LogP contribution in [0.15, 0.2) is 23.2 Å². The molecule has 1 aliphatic carbocycles. The number of guanidine groups is 1. The Kier molecular flexibility index (Phi) is 8.61. The van der Waals surface area contributed by atoms with Crippen LogP contribution >= 0.6 is 24.0 Å². The number of aliphatic imine (C=N–C) groups is 1. The van der Waals surface area contributed by atoms with E-state index in [9.17, 15) is 0 Å². The Morgan fingerprint density at radius 1 is 1.25 bits per heavy atom. The Labute approximate surface area is 162 Å². The second-order valence-electron chi connectivity index (χ2n) is 6.02. The molecule has 1 fully saturated rings. The summed E-state index contributed by atoms with van der Waals surface area (Å²) in [5.41, 5.74) is 0.906. The summed E-state index contributed by atoms with van der Waals surface area (Å²) in [6.45, 7) is 0.880. The largest absolute Gasteiger partial charge is 0.493 e. The van der Waals surface area contributed by atoms with E-state index in [-0.39, 0.29) is 24.0 Å². The van der Waals surface area contributed by atoms with E-state index in [1.54, 1.807) is 21.3 Å². The number of hydrogen-bond acceptors (Lipinski definition) is 4. The Hall–Kier alpha value is -1.22. The van der Waals surface area contributed by atoms with Gasteiger partial charge in [-0.15, -0.1) is 24.0 Å². The second-order valence-corrected chi connectivity index (χ2v) is 6.02. The van der Waals surface area contributed by atoms with Gasteiger partial charge < -0.3 is 25.0 Å². The molecule has 0 aliphatic heterocycles. The smallest absolute Gasteiger partial charge is 0.195 e. The number of nitrogens with zero attached hydrogens (tertiary/aromatic N) is 2. The highest BCUT2D eigenvalue weighted by atomic mass is 127. The predicted octanol–water partition coefficient (Wildman–Crippen LogP) is 2.65. The van der Waals surface area contributed by atoms with Gasteiger partial charge in [-0.1, -0.05) is 0 Å². The summed E-state index contributed by atoms with van der Waals surface area (Å²) in [4.78, 5) is 6.58. The quantitative estimate of drug-likeness (QED) is 0.382. The van der Waals surface area contributed by atoms with Gasteiger partial charge in [-0.05, 0) is 45.0 Å². The molecule has 2 rings (SSSR count). The topological polar surface area (TPSA) is 58.1 Å². The maximum absolute atomic E-state index is 5.33. The number of nitrogens with one attached hydrogen (secondary N) is 2. The van der Waals surface area contributed by atoms with Gasteiger partial charge in [0.2, 0.25) is 0 Å². The third-order valence-corrected chi connectivity index (χ3v) is 4.18. The summed E-state index contributed by atoms with van der Waals surface area (Å²) < 4.78 is 10.6. The summed E-state index contributed by atoms with van der Waals surface area (Å²) in [5, 5.41) is 6.71. The Morgan fingerprint density at radius 2 is 1.92 bits per heavy atom. The Bertz CT molecular complexity index is 545. The number of rotatable bonds is 7. The second kappa shape index (κ2) is 9.93. The van der Waals surface area contributed by atoms with Crippen LogP contribution < -0.4 is 20.1 Å². The number of ether oxygens (including phenoxy) is 2. The molecule has 0 heterocycles. The molecule has 0 radical (unpaired) electrons. The first kappa shape index (κ1) is 20.8. The van der Waals surface area contributed by atoms with Gasteiger partial charge in [0, 0.05) is 31.4 Å². The number of likely N-dealkylation sites (N-methyl/N-ethyl adjacent to an activating group) is 1. The lowest BCUT2D eigenvalue weighted by molar-refractivity contribution is 0.264. The van der Waals surface area contributed by atoms with E-state index in [1.807, 2.05) is 18.2 Å². The van der Waals surface area contributed by atoms with Gasteiger partial charge in [0.25, 0.3) is 0 Å². The average molecular weight is 448 g/mol. The molecular weight excluding hydrogens is 419 g/mol. The molecular formula is C17H29IN4O2. The number of anilines is 1. The number of halogens is 1. The summed E-state index contributed by atoms with van der Waals surface area (Å²) in [5.74, 6) is 2.96. The highest BCUT2D eigenvalue weighted by molar-refractivity contribution is 14.0. The molecule has 0 bridgehead atoms. The van der Waals surface area contributed by atoms with Crippen molar-refractivity contribution in [2.75, 3.05) is 47.2 Å². The molecule has 136 valence electrons. The fourth-order valence-corrected chi connectivity index (χ4v) is 2.68. The molecule has 1 atom stereocenters. The van der Waals surface area contributed by atoms with Crippen molar-refractivity contribution in [3.05, 3.63) is 18.2 Å². The molecule has 0 aromatic heterocycles. The number of benzene rings is 1. The van der Waals surface area contributed by atoms with Gasteiger partial charge >= 0.3 is 0 Å². The molecule has 7 heteroatoms. The molecule has 1 aromatic carbocycles. The first-order valence-corrected chi connectivity index (χ1v) is 7.95. The predicted molar refractivity (Wildman–Crippen MR) is 110 cm³/mol. The highest BCUT2D eigenvalue weighted by Gasteiger charge is 2.32. The Morgan fingerprint density at radius 3 is 2.42 bits per heavy atom. The summed E-state index contributed by atoms with van der Waals surface area (Å²) in [6, 6.07) is 6.26. The normalized spacial score (nSPS) is 15.5. The molecule has 0 amide bonds. The molecule has 0 saturated heterocycles. The van der Waals surface area contributed by atoms with Crippen molar-refractivity contribution in [1.82, 2.24) is 10.2 Å². The lowest BCUT2D eigenvalue weighted by atomic mass is 10.1. The van der Waals surface area contributed by atoms with Crippen molar-refractivity contribution in [3.8, 4) is 11.5 Å². The van der Waals surface area contributed by atoms with Crippen LogP contribution in [0.25, 0.3) is 0 Å². The molecule has 24 heavy (non-hydrogen) atoms. The van der Waals surface area contributed by atoms with E-state index in [0.717, 1.165) is 24.1 Å². The highest BCUT2D eigenvalue weighted by Crippen LogP contribution is 2.34. The third-order valence-electron chi connectivity index (χ3n) is 4.18. The van der Waals surface area contributed by atoms with Gasteiger partial charge in [-0.25, -0.2) is 0 Å². The van der Waals surface area contributed by atoms with E-state index < -0.39 is 0 Å². The van der Waals surface area contributed by atoms with Gasteiger partial charge in [0.05, 0.1) is 14.2 Å². The molecule has 1 aliphatic rings. The molecule has 1 saturated carbocycles. The molecule has 2 N–H and O–H groups in total. The fourth-order valence-electron chi connectivity index (χ4n) is 2.68. The summed E-state index contributed by atoms with van der Waals surface area (Å²) >= 11 is 0. The maximum Gasteiger partial charge on any atom is 0.195 e. The SMILES string of the molecule is CN=C(NCC(C1CC1)N(C)C)Nc1ccc(OC)c(OC)c1.I. The van der Waals surface area contributed by atoms with E-state index in [1.165, 1.54) is 12.8 Å². The molecule has 1 unspecified atom stereocenters. The van der Waals surface area contributed by atoms with Crippen molar-refractivity contribution < 1.29 is 9.47 Å². The van der Waals surface area contributed by atoms with Crippen LogP contribution in [0.1, 0.15) is 12.8 Å². The zero-order valence-corrected chi connectivity index (χ0v) is 17.5. The van der Waals surface area contributed by atoms with E-state index in [4.69, 9.17) is 9.47 Å². The van der Waals surface area contributed by atoms with Crippen molar-refractivity contribution in [3.63, 3.8) is 0 Å². The van der Waals surface area contributed by atoms with Crippen LogP contribution in [0.3, 0.4) is 0 Å². The van der Waals surface area contributed by atoms with Gasteiger partial charge in [-0.2, -0.15) is 0 Å². The van der Waals surface area contributed by atoms with Crippen LogP contribution in [0.2, 0.25) is 0 Å². The molecule has 1 aromatic rings. The minimum absolute atomic E-state index is 0. The first-order chi connectivity index (χ1) is 11.1. The number of hydrogen-bond donors (Lipinski definition) is 2. The fraction of sp³-hybridized carbons (Fsp3) is 0.588. The van der Waals surface area contributed by atoms with Crippen LogP contribution in [0, 0.1) is 5.92 Å². The lowest BCUT2D eigenvalue weighted by Gasteiger charge is -2.25. The van der Waals surface area contributed by atoms with Crippen LogP contribution in [-0.2, 0) is 0 Å². The minimum Gasteiger partial charge on any atom is -0.493 e. The van der Waals surface area contributed by atoms with Crippen LogP contribution in [0.5, 0.6) is 11.5 Å². The maximum atomic E-state index is 5.33. The Balaban J connectivity index is 0.00000288. The van der Waals surface area contributed by atoms with Gasteiger partial charge in [0.1, 0.15) is 0 Å². The standard InChI is InChI=1S/C17H28N4O2.HI/c1-18-17(19-11-14(21(2)3)12-6-7-12)20-13-8-9-15(22-4)16(10-13)23-5;/h8-10,12,14H,6-7,11H2,1-5H3,(H2,18,19,20);1H. The summed E-state index contributed by atoms with van der Waals surface area (Å²) in [6.07, 6.45) is 2.65. The zero-order chi connectivity index (χ0) is 16.8. The van der Waals surface area contributed by atoms with E-state index in [2.05, 4.69) is 34.6 Å².